The molecule has 1 heterocycles. The lowest BCUT2D eigenvalue weighted by molar-refractivity contribution is -0.141. The molecule has 2 aromatic carbocycles. The predicted octanol–water partition coefficient (Wildman–Crippen LogP) is 5.47. The van der Waals surface area contributed by atoms with Crippen molar-refractivity contribution >= 4 is 5.91 Å². The lowest BCUT2D eigenvalue weighted by atomic mass is 9.94. The standard InChI is InChI=1S/C26H28F3N3O/c1-17-9-12-21(15-18(17)2)22(13-10-19-11-14-23(31-16-19)26(27,28)29)32-24(25(33)30-3)20-7-5-4-6-8-20/h4-9,11-12,14-16,22,24,32H,10,13H2,1-3H3,(H,30,33)/t22-,24-/m1/s1. The third-order valence-corrected chi connectivity index (χ3v) is 5.78. The van der Waals surface area contributed by atoms with Gasteiger partial charge in [-0.2, -0.15) is 13.2 Å². The average Bonchev–Trinajstić information content (AvgIpc) is 2.81. The fraction of sp³-hybridized carbons (Fsp3) is 0.308. The summed E-state index contributed by atoms with van der Waals surface area (Å²) in [6.45, 7) is 4.07. The first-order valence-electron chi connectivity index (χ1n) is 10.8. The van der Waals surface area contributed by atoms with E-state index in [4.69, 9.17) is 0 Å². The van der Waals surface area contributed by atoms with E-state index in [-0.39, 0.29) is 11.9 Å². The maximum absolute atomic E-state index is 12.8. The van der Waals surface area contributed by atoms with E-state index in [9.17, 15) is 18.0 Å². The molecule has 0 saturated heterocycles. The lowest BCUT2D eigenvalue weighted by Crippen LogP contribution is -2.38. The van der Waals surface area contributed by atoms with Crippen LogP contribution >= 0.6 is 0 Å². The largest absolute Gasteiger partial charge is 0.433 e. The quantitative estimate of drug-likeness (QED) is 0.474. The average molecular weight is 456 g/mol. The number of carbonyl (C=O) groups excluding carboxylic acids is 1. The SMILES string of the molecule is CNC(=O)[C@H](N[C@H](CCc1ccc(C(F)(F)F)nc1)c1ccc(C)c(C)c1)c1ccccc1. The first-order chi connectivity index (χ1) is 15.7. The number of aryl methyl sites for hydroxylation is 3. The summed E-state index contributed by atoms with van der Waals surface area (Å²) in [6.07, 6.45) is -2.10. The lowest BCUT2D eigenvalue weighted by Gasteiger charge is -2.26. The van der Waals surface area contributed by atoms with Gasteiger partial charge in [0.1, 0.15) is 11.7 Å². The molecule has 174 valence electrons. The van der Waals surface area contributed by atoms with Gasteiger partial charge in [-0.05, 0) is 60.6 Å². The van der Waals surface area contributed by atoms with Gasteiger partial charge in [-0.3, -0.25) is 15.1 Å². The van der Waals surface area contributed by atoms with Crippen LogP contribution in [-0.4, -0.2) is 17.9 Å². The molecule has 0 fully saturated rings. The van der Waals surface area contributed by atoms with E-state index < -0.39 is 17.9 Å². The number of pyridine rings is 1. The number of nitrogens with one attached hydrogen (secondary N) is 2. The van der Waals surface area contributed by atoms with E-state index in [0.29, 0.717) is 18.4 Å². The molecule has 0 spiro atoms. The first-order valence-corrected chi connectivity index (χ1v) is 10.8. The fourth-order valence-corrected chi connectivity index (χ4v) is 3.69. The molecular formula is C26H28F3N3O. The van der Waals surface area contributed by atoms with Crippen molar-refractivity contribution < 1.29 is 18.0 Å². The van der Waals surface area contributed by atoms with Gasteiger partial charge in [0, 0.05) is 19.3 Å². The van der Waals surface area contributed by atoms with Crippen LogP contribution in [0.2, 0.25) is 0 Å². The second-order valence-corrected chi connectivity index (χ2v) is 8.11. The Morgan fingerprint density at radius 3 is 2.27 bits per heavy atom. The molecule has 3 rings (SSSR count). The zero-order chi connectivity index (χ0) is 24.0. The third kappa shape index (κ3) is 6.42. The smallest absolute Gasteiger partial charge is 0.358 e. The van der Waals surface area contributed by atoms with Crippen LogP contribution in [0.1, 0.15) is 52.0 Å². The Kier molecular flexibility index (Phi) is 7.87. The predicted molar refractivity (Wildman–Crippen MR) is 123 cm³/mol. The molecular weight excluding hydrogens is 427 g/mol. The summed E-state index contributed by atoms with van der Waals surface area (Å²) in [5.74, 6) is -0.161. The number of benzene rings is 2. The van der Waals surface area contributed by atoms with Crippen LogP contribution in [-0.2, 0) is 17.4 Å². The Labute approximate surface area is 192 Å². The maximum atomic E-state index is 12.8. The normalized spacial score (nSPS) is 13.4. The Morgan fingerprint density at radius 1 is 0.970 bits per heavy atom. The van der Waals surface area contributed by atoms with Gasteiger partial charge in [-0.25, -0.2) is 0 Å². The van der Waals surface area contributed by atoms with Crippen molar-refractivity contribution in [3.8, 4) is 0 Å². The second-order valence-electron chi connectivity index (χ2n) is 8.11. The number of likely N-dealkylation sites (N-methyl/N-ethyl adjacent to an activating group) is 1. The molecule has 0 aliphatic carbocycles. The Morgan fingerprint density at radius 2 is 1.70 bits per heavy atom. The van der Waals surface area contributed by atoms with Crippen molar-refractivity contribution in [2.24, 2.45) is 0 Å². The van der Waals surface area contributed by atoms with E-state index in [0.717, 1.165) is 28.3 Å². The van der Waals surface area contributed by atoms with Gasteiger partial charge in [0.15, 0.2) is 0 Å². The minimum atomic E-state index is -4.46. The van der Waals surface area contributed by atoms with Crippen molar-refractivity contribution in [1.29, 1.82) is 0 Å². The highest BCUT2D eigenvalue weighted by atomic mass is 19.4. The Hall–Kier alpha value is -3.19. The van der Waals surface area contributed by atoms with E-state index in [1.165, 1.54) is 12.3 Å². The van der Waals surface area contributed by atoms with E-state index in [1.54, 1.807) is 7.05 Å². The molecule has 0 bridgehead atoms. The van der Waals surface area contributed by atoms with E-state index in [2.05, 4.69) is 21.7 Å². The number of hydrogen-bond donors (Lipinski definition) is 2. The first kappa shape index (κ1) is 24.5. The van der Waals surface area contributed by atoms with Crippen LogP contribution in [0, 0.1) is 13.8 Å². The van der Waals surface area contributed by atoms with Crippen molar-refractivity contribution in [3.63, 3.8) is 0 Å². The molecule has 2 N–H and O–H groups in total. The molecule has 0 aliphatic heterocycles. The maximum Gasteiger partial charge on any atom is 0.433 e. The molecule has 0 saturated carbocycles. The second kappa shape index (κ2) is 10.6. The van der Waals surface area contributed by atoms with Crippen molar-refractivity contribution in [1.82, 2.24) is 15.6 Å². The van der Waals surface area contributed by atoms with Gasteiger partial charge >= 0.3 is 6.18 Å². The van der Waals surface area contributed by atoms with Gasteiger partial charge in [-0.1, -0.05) is 54.6 Å². The van der Waals surface area contributed by atoms with Gasteiger partial charge in [0.2, 0.25) is 5.91 Å². The van der Waals surface area contributed by atoms with Gasteiger partial charge in [0.25, 0.3) is 0 Å². The van der Waals surface area contributed by atoms with Crippen LogP contribution in [0.5, 0.6) is 0 Å². The number of aromatic nitrogens is 1. The highest BCUT2D eigenvalue weighted by Gasteiger charge is 2.32. The number of rotatable bonds is 8. The molecule has 4 nitrogen and oxygen atoms in total. The molecule has 1 aromatic heterocycles. The number of nitrogens with zero attached hydrogens (tertiary/aromatic N) is 1. The summed E-state index contributed by atoms with van der Waals surface area (Å²) >= 11 is 0. The minimum Gasteiger partial charge on any atom is -0.358 e. The number of alkyl halides is 3. The van der Waals surface area contributed by atoms with Gasteiger partial charge in [0.05, 0.1) is 0 Å². The summed E-state index contributed by atoms with van der Waals surface area (Å²) in [5.41, 5.74) is 3.94. The zero-order valence-electron chi connectivity index (χ0n) is 18.9. The summed E-state index contributed by atoms with van der Waals surface area (Å²) in [4.78, 5) is 16.3. The third-order valence-electron chi connectivity index (χ3n) is 5.78. The molecule has 0 radical (unpaired) electrons. The number of carbonyl (C=O) groups is 1. The molecule has 0 unspecified atom stereocenters. The molecule has 0 aliphatic rings. The highest BCUT2D eigenvalue weighted by molar-refractivity contribution is 5.83. The fourth-order valence-electron chi connectivity index (χ4n) is 3.69. The number of hydrogen-bond acceptors (Lipinski definition) is 3. The monoisotopic (exact) mass is 455 g/mol. The van der Waals surface area contributed by atoms with Crippen molar-refractivity contribution in [2.75, 3.05) is 7.05 Å². The summed E-state index contributed by atoms with van der Waals surface area (Å²) in [6, 6.07) is 17.3. The topological polar surface area (TPSA) is 54.0 Å². The molecule has 2 atom stereocenters. The summed E-state index contributed by atoms with van der Waals surface area (Å²) < 4.78 is 38.5. The van der Waals surface area contributed by atoms with Crippen LogP contribution in [0.15, 0.2) is 66.9 Å². The van der Waals surface area contributed by atoms with E-state index in [1.807, 2.05) is 56.3 Å². The van der Waals surface area contributed by atoms with Crippen LogP contribution in [0.4, 0.5) is 13.2 Å². The van der Waals surface area contributed by atoms with Crippen LogP contribution < -0.4 is 10.6 Å². The van der Waals surface area contributed by atoms with Gasteiger partial charge < -0.3 is 5.32 Å². The number of halogens is 3. The molecule has 1 amide bonds. The van der Waals surface area contributed by atoms with E-state index >= 15 is 0 Å². The summed E-state index contributed by atoms with van der Waals surface area (Å²) in [7, 11) is 1.60. The van der Waals surface area contributed by atoms with Crippen molar-refractivity contribution in [3.05, 3.63) is 100 Å². The highest BCUT2D eigenvalue weighted by Crippen LogP contribution is 2.29. The zero-order valence-corrected chi connectivity index (χ0v) is 18.9. The molecule has 33 heavy (non-hydrogen) atoms. The minimum absolute atomic E-state index is 0.161. The number of amides is 1. The Balaban J connectivity index is 1.87. The van der Waals surface area contributed by atoms with Gasteiger partial charge in [-0.15, -0.1) is 0 Å². The van der Waals surface area contributed by atoms with Crippen LogP contribution in [0.25, 0.3) is 0 Å². The Bertz CT molecular complexity index is 1070. The van der Waals surface area contributed by atoms with Crippen molar-refractivity contribution in [2.45, 2.75) is 44.9 Å². The molecule has 7 heteroatoms. The molecule has 3 aromatic rings. The summed E-state index contributed by atoms with van der Waals surface area (Å²) in [5, 5.41) is 6.19. The van der Waals surface area contributed by atoms with Crippen LogP contribution in [0.3, 0.4) is 0 Å².